The number of rotatable bonds is 6. The van der Waals surface area contributed by atoms with Crippen molar-refractivity contribution in [3.05, 3.63) is 0 Å². The molecule has 1 aliphatic heterocycles. The van der Waals surface area contributed by atoms with E-state index in [0.717, 1.165) is 0 Å². The second-order valence-corrected chi connectivity index (χ2v) is 4.96. The number of hydrogen-bond donors (Lipinski definition) is 0. The van der Waals surface area contributed by atoms with Gasteiger partial charge in [0.25, 0.3) is 0 Å². The van der Waals surface area contributed by atoms with Gasteiger partial charge in [0.05, 0.1) is 6.10 Å². The van der Waals surface area contributed by atoms with E-state index in [1.807, 2.05) is 0 Å². The third-order valence-corrected chi connectivity index (χ3v) is 3.02. The molecule has 124 valence electrons. The second kappa shape index (κ2) is 8.47. The summed E-state index contributed by atoms with van der Waals surface area (Å²) in [4.78, 5) is 44.1. The number of hydrogen-bond acceptors (Lipinski definition) is 8. The van der Waals surface area contributed by atoms with Crippen molar-refractivity contribution in [2.75, 3.05) is 6.61 Å². The van der Waals surface area contributed by atoms with Gasteiger partial charge in [-0.2, -0.15) is 0 Å². The largest absolute Gasteiger partial charge is 0.463 e. The Hall–Kier alpha value is -1.96. The van der Waals surface area contributed by atoms with Crippen molar-refractivity contribution in [3.8, 4) is 0 Å². The van der Waals surface area contributed by atoms with Crippen LogP contribution in [0, 0.1) is 0 Å². The average Bonchev–Trinajstić information content (AvgIpc) is 2.38. The number of carbonyl (C=O) groups excluding carboxylic acids is 4. The van der Waals surface area contributed by atoms with Crippen LogP contribution in [0.15, 0.2) is 0 Å². The van der Waals surface area contributed by atoms with Gasteiger partial charge in [-0.25, -0.2) is 0 Å². The van der Waals surface area contributed by atoms with E-state index in [4.69, 9.17) is 18.9 Å². The molecule has 4 atom stereocenters. The van der Waals surface area contributed by atoms with Crippen LogP contribution in [-0.4, -0.2) is 55.2 Å². The van der Waals surface area contributed by atoms with Gasteiger partial charge in [0.1, 0.15) is 25.1 Å². The third kappa shape index (κ3) is 5.80. The molecule has 0 aromatic heterocycles. The Bertz CT molecular complexity index is 433. The molecule has 0 aromatic rings. The zero-order valence-corrected chi connectivity index (χ0v) is 12.8. The molecule has 8 heteroatoms. The molecule has 1 heterocycles. The molecule has 22 heavy (non-hydrogen) atoms. The van der Waals surface area contributed by atoms with Crippen molar-refractivity contribution >= 4 is 24.2 Å². The van der Waals surface area contributed by atoms with E-state index in [9.17, 15) is 19.2 Å². The number of esters is 3. The van der Waals surface area contributed by atoms with E-state index in [1.54, 1.807) is 0 Å². The van der Waals surface area contributed by atoms with Gasteiger partial charge in [0.15, 0.2) is 6.10 Å². The normalized spacial score (nSPS) is 27.6. The molecule has 1 aliphatic rings. The zero-order valence-electron chi connectivity index (χ0n) is 12.8. The molecule has 0 saturated carbocycles. The fraction of sp³-hybridized carbons (Fsp3) is 0.714. The number of ether oxygens (including phenoxy) is 4. The van der Waals surface area contributed by atoms with Crippen molar-refractivity contribution < 1.29 is 38.1 Å². The molecular weight excluding hydrogens is 296 g/mol. The van der Waals surface area contributed by atoms with Crippen LogP contribution < -0.4 is 0 Å². The maximum absolute atomic E-state index is 11.3. The molecule has 0 bridgehead atoms. The Kier molecular flexibility index (Phi) is 6.97. The Labute approximate surface area is 128 Å². The lowest BCUT2D eigenvalue weighted by Crippen LogP contribution is -2.53. The van der Waals surface area contributed by atoms with E-state index in [1.165, 1.54) is 20.8 Å². The minimum Gasteiger partial charge on any atom is -0.463 e. The van der Waals surface area contributed by atoms with Gasteiger partial charge in [-0.15, -0.1) is 0 Å². The fourth-order valence-corrected chi connectivity index (χ4v) is 2.28. The summed E-state index contributed by atoms with van der Waals surface area (Å²) in [5, 5.41) is 0. The van der Waals surface area contributed by atoms with Crippen molar-refractivity contribution in [2.24, 2.45) is 0 Å². The summed E-state index contributed by atoms with van der Waals surface area (Å²) in [6.07, 6.45) is -1.98. The summed E-state index contributed by atoms with van der Waals surface area (Å²) in [6, 6.07) is 0. The van der Waals surface area contributed by atoms with Gasteiger partial charge < -0.3 is 23.7 Å². The highest BCUT2D eigenvalue weighted by Gasteiger charge is 2.43. The first kappa shape index (κ1) is 18.1. The second-order valence-electron chi connectivity index (χ2n) is 4.96. The average molecular weight is 316 g/mol. The highest BCUT2D eigenvalue weighted by atomic mass is 16.6. The Morgan fingerprint density at radius 2 is 1.73 bits per heavy atom. The quantitative estimate of drug-likeness (QED) is 0.387. The summed E-state index contributed by atoms with van der Waals surface area (Å²) >= 11 is 0. The van der Waals surface area contributed by atoms with Gasteiger partial charge in [-0.05, 0) is 0 Å². The van der Waals surface area contributed by atoms with Crippen molar-refractivity contribution in [3.63, 3.8) is 0 Å². The summed E-state index contributed by atoms with van der Waals surface area (Å²) in [5.74, 6) is -1.64. The molecule has 0 aliphatic carbocycles. The molecule has 4 unspecified atom stereocenters. The van der Waals surface area contributed by atoms with Crippen molar-refractivity contribution in [1.82, 2.24) is 0 Å². The standard InChI is InChI=1S/C14H20O8/c1-8(16)19-7-13-14(21-10(3)18)12(20-9(2)17)6-11(22-13)4-5-15/h5,11-14H,4,6-7H2,1-3H3. The Morgan fingerprint density at radius 3 is 2.23 bits per heavy atom. The topological polar surface area (TPSA) is 105 Å². The molecule has 0 N–H and O–H groups in total. The molecule has 0 radical (unpaired) electrons. The van der Waals surface area contributed by atoms with Gasteiger partial charge in [-0.3, -0.25) is 14.4 Å². The first-order valence-corrected chi connectivity index (χ1v) is 6.90. The van der Waals surface area contributed by atoms with E-state index in [-0.39, 0.29) is 19.4 Å². The van der Waals surface area contributed by atoms with Crippen molar-refractivity contribution in [1.29, 1.82) is 0 Å². The van der Waals surface area contributed by atoms with Gasteiger partial charge in [0.2, 0.25) is 0 Å². The highest BCUT2D eigenvalue weighted by Crippen LogP contribution is 2.27. The lowest BCUT2D eigenvalue weighted by molar-refractivity contribution is -0.214. The van der Waals surface area contributed by atoms with Crippen LogP contribution in [0.25, 0.3) is 0 Å². The molecule has 8 nitrogen and oxygen atoms in total. The lowest BCUT2D eigenvalue weighted by atomic mass is 9.96. The fourth-order valence-electron chi connectivity index (χ4n) is 2.28. The summed E-state index contributed by atoms with van der Waals surface area (Å²) in [7, 11) is 0. The van der Waals surface area contributed by atoms with Crippen LogP contribution >= 0.6 is 0 Å². The maximum atomic E-state index is 11.3. The molecular formula is C14H20O8. The van der Waals surface area contributed by atoms with E-state index < -0.39 is 42.3 Å². The SMILES string of the molecule is CC(=O)OCC1OC(CC=O)CC(OC(C)=O)C1OC(C)=O. The Balaban J connectivity index is 2.91. The van der Waals surface area contributed by atoms with Gasteiger partial charge in [-0.1, -0.05) is 0 Å². The zero-order chi connectivity index (χ0) is 16.7. The molecule has 1 saturated heterocycles. The highest BCUT2D eigenvalue weighted by molar-refractivity contribution is 5.67. The van der Waals surface area contributed by atoms with Gasteiger partial charge in [0, 0.05) is 33.6 Å². The van der Waals surface area contributed by atoms with Gasteiger partial charge >= 0.3 is 17.9 Å². The van der Waals surface area contributed by atoms with Crippen LogP contribution in [0.5, 0.6) is 0 Å². The van der Waals surface area contributed by atoms with E-state index >= 15 is 0 Å². The molecule has 0 aromatic carbocycles. The number of aldehydes is 1. The molecule has 1 fully saturated rings. The molecule has 0 amide bonds. The van der Waals surface area contributed by atoms with Crippen LogP contribution in [0.1, 0.15) is 33.6 Å². The van der Waals surface area contributed by atoms with Crippen LogP contribution in [0.2, 0.25) is 0 Å². The minimum absolute atomic E-state index is 0.0983. The number of carbonyl (C=O) groups is 4. The minimum atomic E-state index is -0.899. The smallest absolute Gasteiger partial charge is 0.303 e. The summed E-state index contributed by atoms with van der Waals surface area (Å²) < 4.78 is 20.8. The van der Waals surface area contributed by atoms with E-state index in [0.29, 0.717) is 6.29 Å². The van der Waals surface area contributed by atoms with Crippen LogP contribution in [-0.2, 0) is 38.1 Å². The molecule has 1 rings (SSSR count). The first-order chi connectivity index (χ1) is 10.3. The summed E-state index contributed by atoms with van der Waals surface area (Å²) in [6.45, 7) is 3.51. The predicted octanol–water partition coefficient (Wildman–Crippen LogP) is 0.159. The van der Waals surface area contributed by atoms with Crippen molar-refractivity contribution in [2.45, 2.75) is 58.0 Å². The third-order valence-electron chi connectivity index (χ3n) is 3.02. The monoisotopic (exact) mass is 316 g/mol. The summed E-state index contributed by atoms with van der Waals surface area (Å²) in [5.41, 5.74) is 0. The molecule has 0 spiro atoms. The van der Waals surface area contributed by atoms with Crippen LogP contribution in [0.4, 0.5) is 0 Å². The maximum Gasteiger partial charge on any atom is 0.303 e. The lowest BCUT2D eigenvalue weighted by Gasteiger charge is -2.39. The van der Waals surface area contributed by atoms with E-state index in [2.05, 4.69) is 0 Å². The predicted molar refractivity (Wildman–Crippen MR) is 71.7 cm³/mol. The van der Waals surface area contributed by atoms with Crippen LogP contribution in [0.3, 0.4) is 0 Å². The Morgan fingerprint density at radius 1 is 1.09 bits per heavy atom. The first-order valence-electron chi connectivity index (χ1n) is 6.90.